The lowest BCUT2D eigenvalue weighted by Crippen LogP contribution is -1.99. The van der Waals surface area contributed by atoms with Crippen LogP contribution in [-0.4, -0.2) is 4.98 Å². The molecule has 0 fully saturated rings. The Morgan fingerprint density at radius 3 is 2.44 bits per heavy atom. The molecule has 3 rings (SSSR count). The van der Waals surface area contributed by atoms with Gasteiger partial charge in [-0.2, -0.15) is 0 Å². The van der Waals surface area contributed by atoms with Gasteiger partial charge in [0.15, 0.2) is 5.58 Å². The second kappa shape index (κ2) is 4.65. The average Bonchev–Trinajstić information content (AvgIpc) is 2.84. The summed E-state index contributed by atoms with van der Waals surface area (Å²) in [5.41, 5.74) is 3.05. The van der Waals surface area contributed by atoms with Crippen LogP contribution in [0.15, 0.2) is 59.0 Å². The topological polar surface area (TPSA) is 26.0 Å². The highest BCUT2D eigenvalue weighted by Crippen LogP contribution is 2.29. The molecule has 2 aromatic carbocycles. The summed E-state index contributed by atoms with van der Waals surface area (Å²) in [5, 5.41) is 0. The van der Waals surface area contributed by atoms with Crippen molar-refractivity contribution in [2.45, 2.75) is 19.3 Å². The minimum Gasteiger partial charge on any atom is -0.440 e. The number of aromatic nitrogens is 1. The predicted molar refractivity (Wildman–Crippen MR) is 72.6 cm³/mol. The van der Waals surface area contributed by atoms with Crippen molar-refractivity contribution >= 4 is 11.1 Å². The van der Waals surface area contributed by atoms with Gasteiger partial charge in [0.2, 0.25) is 5.89 Å². The summed E-state index contributed by atoms with van der Waals surface area (Å²) in [6.07, 6.45) is 0.983. The first-order valence-electron chi connectivity index (χ1n) is 6.29. The zero-order valence-corrected chi connectivity index (χ0v) is 10.3. The fourth-order valence-electron chi connectivity index (χ4n) is 2.28. The summed E-state index contributed by atoms with van der Waals surface area (Å²) in [6, 6.07) is 18.3. The third-order valence-electron chi connectivity index (χ3n) is 3.22. The second-order valence-corrected chi connectivity index (χ2v) is 4.39. The zero-order chi connectivity index (χ0) is 12.4. The van der Waals surface area contributed by atoms with E-state index in [-0.39, 0.29) is 5.92 Å². The van der Waals surface area contributed by atoms with Crippen LogP contribution >= 0.6 is 0 Å². The molecule has 18 heavy (non-hydrogen) atoms. The predicted octanol–water partition coefficient (Wildman–Crippen LogP) is 4.37. The molecule has 1 heterocycles. The average molecular weight is 237 g/mol. The summed E-state index contributed by atoms with van der Waals surface area (Å²) in [6.45, 7) is 2.16. The quantitative estimate of drug-likeness (QED) is 0.676. The van der Waals surface area contributed by atoms with E-state index in [1.165, 1.54) is 5.56 Å². The van der Waals surface area contributed by atoms with Crippen LogP contribution in [0.5, 0.6) is 0 Å². The van der Waals surface area contributed by atoms with Gasteiger partial charge in [-0.25, -0.2) is 4.98 Å². The van der Waals surface area contributed by atoms with Crippen LogP contribution in [-0.2, 0) is 0 Å². The first kappa shape index (κ1) is 11.0. The van der Waals surface area contributed by atoms with E-state index in [1.807, 2.05) is 30.3 Å². The lowest BCUT2D eigenvalue weighted by molar-refractivity contribution is 0.493. The molecule has 1 aromatic heterocycles. The maximum absolute atomic E-state index is 5.86. The molecule has 0 bridgehead atoms. The van der Waals surface area contributed by atoms with E-state index >= 15 is 0 Å². The molecule has 0 radical (unpaired) electrons. The lowest BCUT2D eigenvalue weighted by Gasteiger charge is -2.10. The maximum Gasteiger partial charge on any atom is 0.203 e. The summed E-state index contributed by atoms with van der Waals surface area (Å²) >= 11 is 0. The Kier molecular flexibility index (Phi) is 2.85. The molecule has 0 aliphatic rings. The first-order valence-corrected chi connectivity index (χ1v) is 6.29. The Morgan fingerprint density at radius 2 is 1.72 bits per heavy atom. The van der Waals surface area contributed by atoms with Crippen molar-refractivity contribution in [3.05, 3.63) is 66.1 Å². The highest BCUT2D eigenvalue weighted by molar-refractivity contribution is 5.72. The van der Waals surface area contributed by atoms with Crippen molar-refractivity contribution < 1.29 is 4.42 Å². The van der Waals surface area contributed by atoms with Gasteiger partial charge < -0.3 is 4.42 Å². The third kappa shape index (κ3) is 1.90. The molecule has 0 amide bonds. The number of nitrogens with zero attached hydrogens (tertiary/aromatic N) is 1. The van der Waals surface area contributed by atoms with Gasteiger partial charge in [0.1, 0.15) is 5.52 Å². The molecule has 0 N–H and O–H groups in total. The fraction of sp³-hybridized carbons (Fsp3) is 0.188. The molecule has 0 saturated carbocycles. The molecular weight excluding hydrogens is 222 g/mol. The maximum atomic E-state index is 5.86. The van der Waals surface area contributed by atoms with Gasteiger partial charge in [0.25, 0.3) is 0 Å². The number of rotatable bonds is 3. The third-order valence-corrected chi connectivity index (χ3v) is 3.22. The Bertz CT molecular complexity index is 609. The van der Waals surface area contributed by atoms with Crippen LogP contribution in [0.25, 0.3) is 11.1 Å². The summed E-state index contributed by atoms with van der Waals surface area (Å²) in [4.78, 5) is 4.59. The van der Waals surface area contributed by atoms with Gasteiger partial charge in [-0.1, -0.05) is 49.4 Å². The summed E-state index contributed by atoms with van der Waals surface area (Å²) in [7, 11) is 0. The van der Waals surface area contributed by atoms with Crippen LogP contribution in [0.4, 0.5) is 0 Å². The number of fused-ring (bicyclic) bond motifs is 1. The molecule has 2 nitrogen and oxygen atoms in total. The van der Waals surface area contributed by atoms with E-state index in [4.69, 9.17) is 4.42 Å². The molecule has 0 aliphatic heterocycles. The van der Waals surface area contributed by atoms with Gasteiger partial charge in [0.05, 0.1) is 5.92 Å². The molecular formula is C16H15NO. The number of oxazole rings is 1. The van der Waals surface area contributed by atoms with Gasteiger partial charge in [-0.05, 0) is 24.1 Å². The standard InChI is InChI=1S/C16H15NO/c1-2-13(12-8-4-3-5-9-12)16-17-14-10-6-7-11-15(14)18-16/h3-11,13H,2H2,1H3/t13-/m1/s1. The van der Waals surface area contributed by atoms with Crippen LogP contribution in [0.3, 0.4) is 0 Å². The number of hydrogen-bond acceptors (Lipinski definition) is 2. The van der Waals surface area contributed by atoms with Crippen LogP contribution < -0.4 is 0 Å². The number of benzene rings is 2. The summed E-state index contributed by atoms with van der Waals surface area (Å²) < 4.78 is 5.86. The SMILES string of the molecule is CC[C@H](c1ccccc1)c1nc2ccccc2o1. The van der Waals surface area contributed by atoms with Crippen molar-refractivity contribution in [1.29, 1.82) is 0 Å². The van der Waals surface area contributed by atoms with Crippen molar-refractivity contribution in [1.82, 2.24) is 4.98 Å². The smallest absolute Gasteiger partial charge is 0.203 e. The number of hydrogen-bond donors (Lipinski definition) is 0. The van der Waals surface area contributed by atoms with Crippen LogP contribution in [0.2, 0.25) is 0 Å². The Labute approximate surface area is 106 Å². The van der Waals surface area contributed by atoms with E-state index < -0.39 is 0 Å². The van der Waals surface area contributed by atoms with Gasteiger partial charge in [-0.3, -0.25) is 0 Å². The van der Waals surface area contributed by atoms with Gasteiger partial charge in [-0.15, -0.1) is 0 Å². The first-order chi connectivity index (χ1) is 8.88. The molecule has 2 heteroatoms. The van der Waals surface area contributed by atoms with E-state index in [1.54, 1.807) is 0 Å². The molecule has 0 saturated heterocycles. The monoisotopic (exact) mass is 237 g/mol. The Balaban J connectivity index is 2.06. The zero-order valence-electron chi connectivity index (χ0n) is 10.3. The molecule has 90 valence electrons. The molecule has 1 atom stereocenters. The Morgan fingerprint density at radius 1 is 1.00 bits per heavy atom. The largest absolute Gasteiger partial charge is 0.440 e. The van der Waals surface area contributed by atoms with E-state index in [2.05, 4.69) is 36.2 Å². The van der Waals surface area contributed by atoms with Crippen LogP contribution in [0, 0.1) is 0 Å². The normalized spacial score (nSPS) is 12.7. The van der Waals surface area contributed by atoms with E-state index in [0.717, 1.165) is 23.4 Å². The second-order valence-electron chi connectivity index (χ2n) is 4.39. The van der Waals surface area contributed by atoms with Crippen LogP contribution in [0.1, 0.15) is 30.7 Å². The van der Waals surface area contributed by atoms with E-state index in [0.29, 0.717) is 0 Å². The molecule has 0 aliphatic carbocycles. The molecule has 0 unspecified atom stereocenters. The highest BCUT2D eigenvalue weighted by Gasteiger charge is 2.17. The minimum absolute atomic E-state index is 0.235. The lowest BCUT2D eigenvalue weighted by atomic mass is 9.97. The van der Waals surface area contributed by atoms with Crippen molar-refractivity contribution in [3.8, 4) is 0 Å². The fourth-order valence-corrected chi connectivity index (χ4v) is 2.28. The van der Waals surface area contributed by atoms with Gasteiger partial charge in [0, 0.05) is 0 Å². The summed E-state index contributed by atoms with van der Waals surface area (Å²) in [5.74, 6) is 1.04. The minimum atomic E-state index is 0.235. The molecule has 0 spiro atoms. The number of para-hydroxylation sites is 2. The highest BCUT2D eigenvalue weighted by atomic mass is 16.3. The van der Waals surface area contributed by atoms with Crippen molar-refractivity contribution in [3.63, 3.8) is 0 Å². The van der Waals surface area contributed by atoms with Gasteiger partial charge >= 0.3 is 0 Å². The molecule has 3 aromatic rings. The van der Waals surface area contributed by atoms with Crippen molar-refractivity contribution in [2.24, 2.45) is 0 Å². The van der Waals surface area contributed by atoms with Crippen molar-refractivity contribution in [2.75, 3.05) is 0 Å². The Hall–Kier alpha value is -2.09. The van der Waals surface area contributed by atoms with E-state index in [9.17, 15) is 0 Å².